The van der Waals surface area contributed by atoms with Crippen molar-refractivity contribution in [3.63, 3.8) is 0 Å². The monoisotopic (exact) mass is 634 g/mol. The Morgan fingerprint density at radius 1 is 0.756 bits per heavy atom. The molecule has 1 rings (SSSR count). The van der Waals surface area contributed by atoms with Gasteiger partial charge >= 0.3 is 24.0 Å². The third kappa shape index (κ3) is 21.5. The summed E-state index contributed by atoms with van der Waals surface area (Å²) in [4.78, 5) is 54.3. The zero-order chi connectivity index (χ0) is 33.1. The van der Waals surface area contributed by atoms with Crippen LogP contribution < -0.4 is 16.8 Å². The standard InChI is InChI=1S/C33H54N4O8/c1-3-5-7-9-14-20-29(38)42-24-27(45-30(39)21-15-10-8-6-4-2)25-43-31(40)28(19-16-22-36-32(34)35)37-33(41)44-23-26-17-12-11-13-18-26/h11-13,17-18,27-28H,3-10,14-16,19-25H2,1-2H3,(H,37,41)(H4,34,35,36)/t27-,28+/m1/s1. The molecule has 1 aromatic carbocycles. The maximum Gasteiger partial charge on any atom is 0.408 e. The Morgan fingerprint density at radius 3 is 1.98 bits per heavy atom. The molecule has 12 nitrogen and oxygen atoms in total. The van der Waals surface area contributed by atoms with Crippen molar-refractivity contribution in [1.82, 2.24) is 5.32 Å². The van der Waals surface area contributed by atoms with E-state index >= 15 is 0 Å². The number of alkyl carbamates (subject to hydrolysis) is 1. The molecule has 0 radical (unpaired) electrons. The minimum absolute atomic E-state index is 0.0167. The number of esters is 3. The summed E-state index contributed by atoms with van der Waals surface area (Å²) in [7, 11) is 0. The fourth-order valence-electron chi connectivity index (χ4n) is 4.30. The van der Waals surface area contributed by atoms with Gasteiger partial charge in [-0.3, -0.25) is 14.6 Å². The normalized spacial score (nSPS) is 12.0. The smallest absolute Gasteiger partial charge is 0.408 e. The second-order valence-corrected chi connectivity index (χ2v) is 11.0. The predicted molar refractivity (Wildman–Crippen MR) is 172 cm³/mol. The molecular weight excluding hydrogens is 580 g/mol. The van der Waals surface area contributed by atoms with E-state index in [4.69, 9.17) is 30.4 Å². The number of carbonyl (C=O) groups excluding carboxylic acids is 4. The number of guanidine groups is 1. The summed E-state index contributed by atoms with van der Waals surface area (Å²) in [5, 5.41) is 2.53. The molecule has 0 saturated heterocycles. The van der Waals surface area contributed by atoms with E-state index in [9.17, 15) is 19.2 Å². The Bertz CT molecular complexity index is 1000. The van der Waals surface area contributed by atoms with E-state index in [1.54, 1.807) is 12.1 Å². The average Bonchev–Trinajstić information content (AvgIpc) is 3.02. The Balaban J connectivity index is 2.77. The molecule has 45 heavy (non-hydrogen) atoms. The van der Waals surface area contributed by atoms with Crippen LogP contribution in [0.15, 0.2) is 35.3 Å². The van der Waals surface area contributed by atoms with Gasteiger partial charge < -0.3 is 35.7 Å². The zero-order valence-electron chi connectivity index (χ0n) is 27.1. The highest BCUT2D eigenvalue weighted by Gasteiger charge is 2.26. The van der Waals surface area contributed by atoms with Crippen LogP contribution >= 0.6 is 0 Å². The van der Waals surface area contributed by atoms with Gasteiger partial charge in [-0.05, 0) is 31.2 Å². The molecule has 0 heterocycles. The van der Waals surface area contributed by atoms with Crippen LogP contribution in [0.1, 0.15) is 109 Å². The summed E-state index contributed by atoms with van der Waals surface area (Å²) in [6.07, 6.45) is 8.93. The molecule has 5 N–H and O–H groups in total. The first kappa shape index (κ1) is 39.2. The maximum atomic E-state index is 13.1. The number of benzene rings is 1. The fourth-order valence-corrected chi connectivity index (χ4v) is 4.30. The number of ether oxygens (including phenoxy) is 4. The molecule has 1 aromatic rings. The summed E-state index contributed by atoms with van der Waals surface area (Å²) in [5.41, 5.74) is 11.5. The molecule has 0 unspecified atom stereocenters. The number of amides is 1. The van der Waals surface area contributed by atoms with Crippen LogP contribution in [0.4, 0.5) is 4.79 Å². The first-order valence-corrected chi connectivity index (χ1v) is 16.3. The fraction of sp³-hybridized carbons (Fsp3) is 0.667. The number of aliphatic imine (C=N–C) groups is 1. The number of rotatable bonds is 25. The van der Waals surface area contributed by atoms with E-state index in [0.717, 1.165) is 56.9 Å². The topological polar surface area (TPSA) is 182 Å². The Morgan fingerprint density at radius 2 is 1.36 bits per heavy atom. The number of hydrogen-bond acceptors (Lipinski definition) is 9. The molecule has 2 atom stereocenters. The maximum absolute atomic E-state index is 13.1. The Hall–Kier alpha value is -3.83. The second kappa shape index (κ2) is 25.5. The number of hydrogen-bond donors (Lipinski definition) is 3. The molecule has 12 heteroatoms. The quantitative estimate of drug-likeness (QED) is 0.0432. The number of nitrogens with one attached hydrogen (secondary N) is 1. The molecule has 0 aliphatic rings. The number of nitrogens with two attached hydrogens (primary N) is 2. The van der Waals surface area contributed by atoms with Gasteiger partial charge in [0.05, 0.1) is 0 Å². The van der Waals surface area contributed by atoms with Crippen molar-refractivity contribution in [3.8, 4) is 0 Å². The van der Waals surface area contributed by atoms with Gasteiger partial charge in [-0.1, -0.05) is 95.5 Å². The van der Waals surface area contributed by atoms with E-state index in [1.807, 2.05) is 18.2 Å². The van der Waals surface area contributed by atoms with Crippen molar-refractivity contribution in [2.24, 2.45) is 16.5 Å². The predicted octanol–water partition coefficient (Wildman–Crippen LogP) is 5.05. The van der Waals surface area contributed by atoms with Gasteiger partial charge in [0.2, 0.25) is 0 Å². The van der Waals surface area contributed by atoms with Crippen LogP contribution in [0.3, 0.4) is 0 Å². The van der Waals surface area contributed by atoms with Gasteiger partial charge in [0.1, 0.15) is 25.9 Å². The van der Waals surface area contributed by atoms with Crippen LogP contribution in [0.2, 0.25) is 0 Å². The summed E-state index contributed by atoms with van der Waals surface area (Å²) in [6.45, 7) is 3.89. The van der Waals surface area contributed by atoms with E-state index in [1.165, 1.54) is 0 Å². The average molecular weight is 635 g/mol. The highest BCUT2D eigenvalue weighted by atomic mass is 16.6. The summed E-state index contributed by atoms with van der Waals surface area (Å²) in [6, 6.07) is 8.02. The molecule has 0 aliphatic carbocycles. The number of carbonyl (C=O) groups is 4. The van der Waals surface area contributed by atoms with Crippen molar-refractivity contribution < 1.29 is 38.1 Å². The molecular formula is C33H54N4O8. The Labute approximate surface area is 268 Å². The van der Waals surface area contributed by atoms with Crippen molar-refractivity contribution in [3.05, 3.63) is 35.9 Å². The summed E-state index contributed by atoms with van der Waals surface area (Å²) in [5.74, 6) is -1.72. The lowest BCUT2D eigenvalue weighted by Crippen LogP contribution is -2.43. The molecule has 0 fully saturated rings. The summed E-state index contributed by atoms with van der Waals surface area (Å²) < 4.78 is 21.6. The summed E-state index contributed by atoms with van der Waals surface area (Å²) >= 11 is 0. The lowest BCUT2D eigenvalue weighted by atomic mass is 10.1. The van der Waals surface area contributed by atoms with Gasteiger partial charge in [0, 0.05) is 19.4 Å². The number of unbranched alkanes of at least 4 members (excludes halogenated alkanes) is 8. The first-order chi connectivity index (χ1) is 21.7. The highest BCUT2D eigenvalue weighted by Crippen LogP contribution is 2.10. The van der Waals surface area contributed by atoms with E-state index in [-0.39, 0.29) is 51.6 Å². The first-order valence-electron chi connectivity index (χ1n) is 16.3. The lowest BCUT2D eigenvalue weighted by molar-refractivity contribution is -0.167. The zero-order valence-corrected chi connectivity index (χ0v) is 27.1. The third-order valence-corrected chi connectivity index (χ3v) is 6.84. The molecule has 254 valence electrons. The van der Waals surface area contributed by atoms with Crippen LogP contribution in [0.25, 0.3) is 0 Å². The largest absolute Gasteiger partial charge is 0.462 e. The van der Waals surface area contributed by atoms with Crippen molar-refractivity contribution in [2.45, 2.75) is 122 Å². The van der Waals surface area contributed by atoms with Crippen LogP contribution in [-0.2, 0) is 39.9 Å². The van der Waals surface area contributed by atoms with Gasteiger partial charge in [-0.15, -0.1) is 0 Å². The van der Waals surface area contributed by atoms with Crippen molar-refractivity contribution >= 4 is 30.0 Å². The third-order valence-electron chi connectivity index (χ3n) is 6.84. The second-order valence-electron chi connectivity index (χ2n) is 11.0. The lowest BCUT2D eigenvalue weighted by Gasteiger charge is -2.21. The molecule has 0 spiro atoms. The minimum Gasteiger partial charge on any atom is -0.462 e. The molecule has 1 amide bonds. The van der Waals surface area contributed by atoms with E-state index < -0.39 is 36.1 Å². The SMILES string of the molecule is CCCCCCCC(=O)OC[C@H](COC(=O)[C@H](CCCN=C(N)N)NC(=O)OCc1ccccc1)OC(=O)CCCCCCC. The Kier molecular flexibility index (Phi) is 22.2. The van der Waals surface area contributed by atoms with Crippen molar-refractivity contribution in [1.29, 1.82) is 0 Å². The van der Waals surface area contributed by atoms with Gasteiger partial charge in [0.25, 0.3) is 0 Å². The van der Waals surface area contributed by atoms with Crippen LogP contribution in [0, 0.1) is 0 Å². The molecule has 0 aliphatic heterocycles. The van der Waals surface area contributed by atoms with Gasteiger partial charge in [0.15, 0.2) is 12.1 Å². The molecule has 0 aromatic heterocycles. The van der Waals surface area contributed by atoms with E-state index in [2.05, 4.69) is 24.2 Å². The molecule has 0 saturated carbocycles. The van der Waals surface area contributed by atoms with Gasteiger partial charge in [-0.2, -0.15) is 0 Å². The van der Waals surface area contributed by atoms with Crippen LogP contribution in [-0.4, -0.2) is 61.9 Å². The number of nitrogens with zero attached hydrogens (tertiary/aromatic N) is 1. The van der Waals surface area contributed by atoms with Crippen LogP contribution in [0.5, 0.6) is 0 Å². The molecule has 0 bridgehead atoms. The highest BCUT2D eigenvalue weighted by molar-refractivity contribution is 5.81. The van der Waals surface area contributed by atoms with Crippen molar-refractivity contribution in [2.75, 3.05) is 19.8 Å². The minimum atomic E-state index is -1.08. The van der Waals surface area contributed by atoms with E-state index in [0.29, 0.717) is 19.3 Å². The van der Waals surface area contributed by atoms with Gasteiger partial charge in [-0.25, -0.2) is 9.59 Å².